The molecule has 0 aliphatic rings. The van der Waals surface area contributed by atoms with Gasteiger partial charge in [-0.3, -0.25) is 0 Å². The zero-order chi connectivity index (χ0) is 9.35. The Labute approximate surface area is 74.0 Å². The Morgan fingerprint density at radius 2 is 1.92 bits per heavy atom. The average molecular weight is 167 g/mol. The molecule has 12 heavy (non-hydrogen) atoms. The molecular weight excluding hydrogens is 150 g/mol. The summed E-state index contributed by atoms with van der Waals surface area (Å²) in [5.41, 5.74) is 2.39. The molecule has 0 atom stereocenters. The minimum absolute atomic E-state index is 0.0982. The van der Waals surface area contributed by atoms with Crippen LogP contribution in [0.1, 0.15) is 44.7 Å². The van der Waals surface area contributed by atoms with Gasteiger partial charge in [-0.05, 0) is 6.92 Å². The van der Waals surface area contributed by atoms with Crippen molar-refractivity contribution < 1.29 is 4.52 Å². The third-order valence-electron chi connectivity index (χ3n) is 2.05. The molecule has 1 heterocycles. The van der Waals surface area contributed by atoms with E-state index in [2.05, 4.69) is 39.8 Å². The predicted octanol–water partition coefficient (Wildman–Crippen LogP) is 2.84. The van der Waals surface area contributed by atoms with E-state index in [0.29, 0.717) is 0 Å². The molecule has 2 heteroatoms. The van der Waals surface area contributed by atoms with Crippen LogP contribution < -0.4 is 0 Å². The first-order chi connectivity index (χ1) is 5.46. The molecule has 0 saturated heterocycles. The van der Waals surface area contributed by atoms with E-state index in [1.807, 2.05) is 0 Å². The lowest BCUT2D eigenvalue weighted by Gasteiger charge is -2.14. The Bertz CT molecular complexity index is 268. The molecule has 0 bridgehead atoms. The Hall–Kier alpha value is -0.790. The summed E-state index contributed by atoms with van der Waals surface area (Å²) in [7, 11) is 0. The third-order valence-corrected chi connectivity index (χ3v) is 2.05. The number of nitrogens with zero attached hydrogens (tertiary/aromatic N) is 1. The second-order valence-electron chi connectivity index (χ2n) is 4.18. The molecule has 0 unspecified atom stereocenters. The van der Waals surface area contributed by atoms with Crippen molar-refractivity contribution in [1.82, 2.24) is 5.16 Å². The van der Waals surface area contributed by atoms with Crippen LogP contribution in [0, 0.1) is 6.92 Å². The van der Waals surface area contributed by atoms with Crippen LogP contribution in [-0.2, 0) is 11.8 Å². The van der Waals surface area contributed by atoms with E-state index in [1.165, 1.54) is 5.56 Å². The Morgan fingerprint density at radius 3 is 2.17 bits per heavy atom. The molecule has 0 spiro atoms. The second kappa shape index (κ2) is 2.92. The molecule has 0 radical (unpaired) electrons. The zero-order valence-corrected chi connectivity index (χ0v) is 8.56. The smallest absolute Gasteiger partial charge is 0.139 e. The molecule has 0 aliphatic heterocycles. The van der Waals surface area contributed by atoms with Gasteiger partial charge >= 0.3 is 0 Å². The number of aryl methyl sites for hydroxylation is 1. The Balaban J connectivity index is 3.11. The molecule has 1 aromatic rings. The summed E-state index contributed by atoms with van der Waals surface area (Å²) < 4.78 is 5.22. The van der Waals surface area contributed by atoms with Gasteiger partial charge in [0.2, 0.25) is 0 Å². The van der Waals surface area contributed by atoms with Gasteiger partial charge in [0, 0.05) is 17.4 Å². The molecule has 1 rings (SSSR count). The van der Waals surface area contributed by atoms with Gasteiger partial charge in [0.15, 0.2) is 0 Å². The van der Waals surface area contributed by atoms with Crippen molar-refractivity contribution in [3.05, 3.63) is 17.0 Å². The zero-order valence-electron chi connectivity index (χ0n) is 8.56. The highest BCUT2D eigenvalue weighted by Crippen LogP contribution is 2.26. The highest BCUT2D eigenvalue weighted by atomic mass is 16.5. The van der Waals surface area contributed by atoms with E-state index in [4.69, 9.17) is 4.52 Å². The van der Waals surface area contributed by atoms with Crippen molar-refractivity contribution in [2.45, 2.75) is 46.5 Å². The van der Waals surface area contributed by atoms with E-state index < -0.39 is 0 Å². The third kappa shape index (κ3) is 1.52. The largest absolute Gasteiger partial charge is 0.361 e. The molecule has 0 N–H and O–H groups in total. The van der Waals surface area contributed by atoms with Crippen LogP contribution in [-0.4, -0.2) is 5.16 Å². The van der Waals surface area contributed by atoms with Gasteiger partial charge in [-0.1, -0.05) is 32.9 Å². The summed E-state index contributed by atoms with van der Waals surface area (Å²) in [6.45, 7) is 10.6. The number of rotatable bonds is 1. The Morgan fingerprint density at radius 1 is 1.33 bits per heavy atom. The van der Waals surface area contributed by atoms with E-state index in [-0.39, 0.29) is 5.41 Å². The summed E-state index contributed by atoms with van der Waals surface area (Å²) in [5.74, 6) is 1.01. The SMILES string of the molecule is CCc1onc(C(C)(C)C)c1C. The lowest BCUT2D eigenvalue weighted by molar-refractivity contribution is 0.367. The highest BCUT2D eigenvalue weighted by molar-refractivity contribution is 5.26. The van der Waals surface area contributed by atoms with E-state index in [9.17, 15) is 0 Å². The van der Waals surface area contributed by atoms with E-state index >= 15 is 0 Å². The quantitative estimate of drug-likeness (QED) is 0.642. The van der Waals surface area contributed by atoms with Crippen molar-refractivity contribution >= 4 is 0 Å². The molecule has 0 amide bonds. The van der Waals surface area contributed by atoms with Gasteiger partial charge in [-0.25, -0.2) is 0 Å². The fourth-order valence-corrected chi connectivity index (χ4v) is 1.40. The molecule has 68 valence electrons. The number of aromatic nitrogens is 1. The van der Waals surface area contributed by atoms with Gasteiger partial charge in [-0.15, -0.1) is 0 Å². The Kier molecular flexibility index (Phi) is 2.27. The second-order valence-corrected chi connectivity index (χ2v) is 4.18. The van der Waals surface area contributed by atoms with Crippen molar-refractivity contribution in [3.63, 3.8) is 0 Å². The maximum Gasteiger partial charge on any atom is 0.139 e. The van der Waals surface area contributed by atoms with Gasteiger partial charge in [0.1, 0.15) is 5.76 Å². The number of hydrogen-bond donors (Lipinski definition) is 0. The van der Waals surface area contributed by atoms with Crippen molar-refractivity contribution in [3.8, 4) is 0 Å². The van der Waals surface area contributed by atoms with Crippen molar-refractivity contribution in [2.24, 2.45) is 0 Å². The average Bonchev–Trinajstić information content (AvgIpc) is 2.29. The fourth-order valence-electron chi connectivity index (χ4n) is 1.40. The summed E-state index contributed by atoms with van der Waals surface area (Å²) in [6, 6.07) is 0. The standard InChI is InChI=1S/C10H17NO/c1-6-8-7(2)9(11-12-8)10(3,4)5/h6H2,1-5H3. The maximum atomic E-state index is 5.22. The molecule has 0 saturated carbocycles. The normalized spacial score (nSPS) is 12.1. The van der Waals surface area contributed by atoms with Gasteiger partial charge in [0.05, 0.1) is 5.69 Å². The highest BCUT2D eigenvalue weighted by Gasteiger charge is 2.22. The molecule has 0 aromatic carbocycles. The molecule has 0 fully saturated rings. The predicted molar refractivity (Wildman–Crippen MR) is 49.3 cm³/mol. The van der Waals surface area contributed by atoms with Crippen LogP contribution in [0.3, 0.4) is 0 Å². The lowest BCUT2D eigenvalue weighted by Crippen LogP contribution is -2.13. The van der Waals surface area contributed by atoms with Crippen LogP contribution in [0.25, 0.3) is 0 Å². The summed E-state index contributed by atoms with van der Waals surface area (Å²) in [6.07, 6.45) is 0.926. The minimum atomic E-state index is 0.0982. The van der Waals surface area contributed by atoms with Crippen LogP contribution in [0.5, 0.6) is 0 Å². The fraction of sp³-hybridized carbons (Fsp3) is 0.700. The van der Waals surface area contributed by atoms with Crippen LogP contribution in [0.15, 0.2) is 4.52 Å². The summed E-state index contributed by atoms with van der Waals surface area (Å²) in [4.78, 5) is 0. The lowest BCUT2D eigenvalue weighted by atomic mass is 9.89. The summed E-state index contributed by atoms with van der Waals surface area (Å²) in [5, 5.41) is 4.08. The van der Waals surface area contributed by atoms with Gasteiger partial charge in [0.25, 0.3) is 0 Å². The molecule has 0 aliphatic carbocycles. The van der Waals surface area contributed by atoms with Crippen LogP contribution >= 0.6 is 0 Å². The van der Waals surface area contributed by atoms with Crippen LogP contribution in [0.2, 0.25) is 0 Å². The van der Waals surface area contributed by atoms with Gasteiger partial charge in [-0.2, -0.15) is 0 Å². The van der Waals surface area contributed by atoms with E-state index in [0.717, 1.165) is 17.9 Å². The first-order valence-electron chi connectivity index (χ1n) is 4.42. The van der Waals surface area contributed by atoms with Crippen molar-refractivity contribution in [1.29, 1.82) is 0 Å². The minimum Gasteiger partial charge on any atom is -0.361 e. The first-order valence-corrected chi connectivity index (χ1v) is 4.42. The van der Waals surface area contributed by atoms with E-state index in [1.54, 1.807) is 0 Å². The molecule has 1 aromatic heterocycles. The topological polar surface area (TPSA) is 26.0 Å². The maximum absolute atomic E-state index is 5.22. The molecular formula is C10H17NO. The monoisotopic (exact) mass is 167 g/mol. The number of hydrogen-bond acceptors (Lipinski definition) is 2. The molecule has 2 nitrogen and oxygen atoms in total. The first kappa shape index (κ1) is 9.30. The van der Waals surface area contributed by atoms with Crippen LogP contribution in [0.4, 0.5) is 0 Å². The van der Waals surface area contributed by atoms with Gasteiger partial charge < -0.3 is 4.52 Å². The summed E-state index contributed by atoms with van der Waals surface area (Å²) >= 11 is 0. The van der Waals surface area contributed by atoms with Crippen molar-refractivity contribution in [2.75, 3.05) is 0 Å².